The maximum absolute atomic E-state index is 12.9. The van der Waals surface area contributed by atoms with Crippen molar-refractivity contribution in [2.45, 2.75) is 31.0 Å². The third kappa shape index (κ3) is 4.57. The van der Waals surface area contributed by atoms with Gasteiger partial charge in [0.15, 0.2) is 0 Å². The summed E-state index contributed by atoms with van der Waals surface area (Å²) in [5, 5.41) is 2.80. The van der Waals surface area contributed by atoms with Crippen LogP contribution in [0.4, 0.5) is 5.69 Å². The predicted octanol–water partition coefficient (Wildman–Crippen LogP) is 3.50. The average Bonchev–Trinajstić information content (AvgIpc) is 2.63. The van der Waals surface area contributed by atoms with Crippen molar-refractivity contribution in [1.29, 1.82) is 0 Å². The zero-order chi connectivity index (χ0) is 19.6. The van der Waals surface area contributed by atoms with E-state index in [9.17, 15) is 13.2 Å². The first-order valence-electron chi connectivity index (χ1n) is 8.59. The molecule has 1 aliphatic heterocycles. The van der Waals surface area contributed by atoms with E-state index in [-0.39, 0.29) is 23.0 Å². The Morgan fingerprint density at radius 2 is 1.67 bits per heavy atom. The molecular formula is C19H21BrN2O4S. The molecule has 1 aliphatic rings. The molecule has 2 unspecified atom stereocenters. The lowest BCUT2D eigenvalue weighted by molar-refractivity contribution is -0.0440. The summed E-state index contributed by atoms with van der Waals surface area (Å²) in [6, 6.07) is 13.3. The zero-order valence-corrected chi connectivity index (χ0v) is 17.5. The Morgan fingerprint density at radius 1 is 1.07 bits per heavy atom. The van der Waals surface area contributed by atoms with Gasteiger partial charge in [0, 0.05) is 23.1 Å². The highest BCUT2D eigenvalue weighted by Gasteiger charge is 2.32. The highest BCUT2D eigenvalue weighted by atomic mass is 79.9. The standard InChI is InChI=1S/C19H21BrN2O4S/c1-13-11-22(12-14(2)26-13)27(24,25)16-9-7-15(8-10-16)19(23)21-18-6-4-3-5-17(18)20/h3-10,13-14H,11-12H2,1-2H3,(H,21,23). The van der Waals surface area contributed by atoms with Crippen molar-refractivity contribution >= 4 is 37.5 Å². The summed E-state index contributed by atoms with van der Waals surface area (Å²) < 4.78 is 33.5. The van der Waals surface area contributed by atoms with E-state index in [1.807, 2.05) is 32.0 Å². The maximum atomic E-state index is 12.9. The van der Waals surface area contributed by atoms with E-state index in [0.29, 0.717) is 24.3 Å². The number of hydrogen-bond donors (Lipinski definition) is 1. The largest absolute Gasteiger partial charge is 0.373 e. The number of nitrogens with one attached hydrogen (secondary N) is 1. The summed E-state index contributed by atoms with van der Waals surface area (Å²) in [6.45, 7) is 4.34. The molecule has 144 valence electrons. The van der Waals surface area contributed by atoms with Crippen LogP contribution in [0.2, 0.25) is 0 Å². The van der Waals surface area contributed by atoms with Gasteiger partial charge >= 0.3 is 0 Å². The van der Waals surface area contributed by atoms with E-state index in [1.54, 1.807) is 6.07 Å². The molecule has 1 saturated heterocycles. The summed E-state index contributed by atoms with van der Waals surface area (Å²) in [6.07, 6.45) is -0.309. The molecule has 6 nitrogen and oxygen atoms in total. The molecular weight excluding hydrogens is 432 g/mol. The number of carbonyl (C=O) groups excluding carboxylic acids is 1. The smallest absolute Gasteiger partial charge is 0.255 e. The molecule has 2 aromatic rings. The Morgan fingerprint density at radius 3 is 2.26 bits per heavy atom. The minimum Gasteiger partial charge on any atom is -0.373 e. The van der Waals surface area contributed by atoms with Crippen LogP contribution in [0.1, 0.15) is 24.2 Å². The molecule has 1 fully saturated rings. The van der Waals surface area contributed by atoms with Gasteiger partial charge in [-0.05, 0) is 66.2 Å². The molecule has 0 bridgehead atoms. The van der Waals surface area contributed by atoms with Gasteiger partial charge in [0.2, 0.25) is 10.0 Å². The maximum Gasteiger partial charge on any atom is 0.255 e. The molecule has 1 N–H and O–H groups in total. The fraction of sp³-hybridized carbons (Fsp3) is 0.316. The lowest BCUT2D eigenvalue weighted by Gasteiger charge is -2.34. The first-order valence-corrected chi connectivity index (χ1v) is 10.8. The quantitative estimate of drug-likeness (QED) is 0.769. The number of morpholine rings is 1. The van der Waals surface area contributed by atoms with E-state index in [1.165, 1.54) is 28.6 Å². The number of ether oxygens (including phenoxy) is 1. The van der Waals surface area contributed by atoms with Gasteiger partial charge in [-0.1, -0.05) is 12.1 Å². The summed E-state index contributed by atoms with van der Waals surface area (Å²) in [5.41, 5.74) is 1.03. The third-order valence-electron chi connectivity index (χ3n) is 4.26. The molecule has 27 heavy (non-hydrogen) atoms. The van der Waals surface area contributed by atoms with E-state index in [2.05, 4.69) is 21.2 Å². The average molecular weight is 453 g/mol. The van der Waals surface area contributed by atoms with Gasteiger partial charge in [-0.25, -0.2) is 8.42 Å². The van der Waals surface area contributed by atoms with E-state index >= 15 is 0 Å². The van der Waals surface area contributed by atoms with Gasteiger partial charge in [-0.2, -0.15) is 4.31 Å². The number of rotatable bonds is 4. The molecule has 0 radical (unpaired) electrons. The Bertz CT molecular complexity index is 921. The molecule has 0 aliphatic carbocycles. The van der Waals surface area contributed by atoms with Crippen LogP contribution in [-0.4, -0.2) is 43.9 Å². The van der Waals surface area contributed by atoms with Crippen LogP contribution in [0.5, 0.6) is 0 Å². The number of benzene rings is 2. The molecule has 1 amide bonds. The lowest BCUT2D eigenvalue weighted by atomic mass is 10.2. The number of para-hydroxylation sites is 1. The second-order valence-corrected chi connectivity index (χ2v) is 9.33. The number of amides is 1. The fourth-order valence-corrected chi connectivity index (χ4v) is 4.99. The number of halogens is 1. The molecule has 8 heteroatoms. The Hall–Kier alpha value is -1.74. The van der Waals surface area contributed by atoms with Crippen molar-refractivity contribution < 1.29 is 17.9 Å². The van der Waals surface area contributed by atoms with Crippen LogP contribution in [0.15, 0.2) is 57.9 Å². The number of carbonyl (C=O) groups is 1. The molecule has 3 rings (SSSR count). The molecule has 0 aromatic heterocycles. The van der Waals surface area contributed by atoms with Crippen molar-refractivity contribution in [3.63, 3.8) is 0 Å². The van der Waals surface area contributed by atoms with Gasteiger partial charge in [0.25, 0.3) is 5.91 Å². The van der Waals surface area contributed by atoms with Crippen molar-refractivity contribution in [3.05, 3.63) is 58.6 Å². The van der Waals surface area contributed by atoms with Gasteiger partial charge in [-0.15, -0.1) is 0 Å². The lowest BCUT2D eigenvalue weighted by Crippen LogP contribution is -2.48. The second kappa shape index (κ2) is 8.10. The van der Waals surface area contributed by atoms with E-state index < -0.39 is 10.0 Å². The first-order chi connectivity index (χ1) is 12.8. The van der Waals surface area contributed by atoms with Crippen molar-refractivity contribution in [1.82, 2.24) is 4.31 Å². The number of sulfonamides is 1. The highest BCUT2D eigenvalue weighted by molar-refractivity contribution is 9.10. The van der Waals surface area contributed by atoms with Gasteiger partial charge in [-0.3, -0.25) is 4.79 Å². The van der Waals surface area contributed by atoms with Crippen molar-refractivity contribution in [3.8, 4) is 0 Å². The number of nitrogens with zero attached hydrogens (tertiary/aromatic N) is 1. The van der Waals surface area contributed by atoms with E-state index in [4.69, 9.17) is 4.74 Å². The molecule has 1 heterocycles. The number of hydrogen-bond acceptors (Lipinski definition) is 4. The fourth-order valence-electron chi connectivity index (χ4n) is 3.01. The molecule has 2 aromatic carbocycles. The SMILES string of the molecule is CC1CN(S(=O)(=O)c2ccc(C(=O)Nc3ccccc3Br)cc2)CC(C)O1. The van der Waals surface area contributed by atoms with Gasteiger partial charge in [0.05, 0.1) is 22.8 Å². The second-order valence-electron chi connectivity index (χ2n) is 6.54. The summed E-state index contributed by atoms with van der Waals surface area (Å²) in [4.78, 5) is 12.6. The Kier molecular flexibility index (Phi) is 6.00. The zero-order valence-electron chi connectivity index (χ0n) is 15.1. The first kappa shape index (κ1) is 20.0. The van der Waals surface area contributed by atoms with Gasteiger partial charge in [0.1, 0.15) is 0 Å². The van der Waals surface area contributed by atoms with Crippen molar-refractivity contribution in [2.24, 2.45) is 0 Å². The summed E-state index contributed by atoms with van der Waals surface area (Å²) in [7, 11) is -3.62. The van der Waals surface area contributed by atoms with Gasteiger partial charge < -0.3 is 10.1 Å². The monoisotopic (exact) mass is 452 g/mol. The van der Waals surface area contributed by atoms with Crippen LogP contribution in [0, 0.1) is 0 Å². The molecule has 0 spiro atoms. The number of anilines is 1. The topological polar surface area (TPSA) is 75.7 Å². The van der Waals surface area contributed by atoms with Crippen LogP contribution in [-0.2, 0) is 14.8 Å². The summed E-state index contributed by atoms with van der Waals surface area (Å²) in [5.74, 6) is -0.306. The van der Waals surface area contributed by atoms with Crippen LogP contribution >= 0.6 is 15.9 Å². The van der Waals surface area contributed by atoms with Crippen LogP contribution in [0.25, 0.3) is 0 Å². The van der Waals surface area contributed by atoms with E-state index in [0.717, 1.165) is 4.47 Å². The van der Waals surface area contributed by atoms with Crippen LogP contribution < -0.4 is 5.32 Å². The summed E-state index contributed by atoms with van der Waals surface area (Å²) >= 11 is 3.38. The molecule has 2 atom stereocenters. The normalized spacial score (nSPS) is 21.0. The Balaban J connectivity index is 1.76. The third-order valence-corrected chi connectivity index (χ3v) is 6.80. The molecule has 0 saturated carbocycles. The van der Waals surface area contributed by atoms with Crippen LogP contribution in [0.3, 0.4) is 0 Å². The predicted molar refractivity (Wildman–Crippen MR) is 107 cm³/mol. The highest BCUT2D eigenvalue weighted by Crippen LogP contribution is 2.24. The minimum atomic E-state index is -3.62. The minimum absolute atomic E-state index is 0.155. The Labute approximate surface area is 167 Å². The van der Waals surface area contributed by atoms with Crippen molar-refractivity contribution in [2.75, 3.05) is 18.4 Å².